The molecule has 0 unspecified atom stereocenters. The number of hydrogen-bond acceptors (Lipinski definition) is 10. The predicted molar refractivity (Wildman–Crippen MR) is 173 cm³/mol. The van der Waals surface area contributed by atoms with Crippen LogP contribution >= 0.6 is 34.5 Å². The summed E-state index contributed by atoms with van der Waals surface area (Å²) in [7, 11) is 1.74. The smallest absolute Gasteiger partial charge is 0.259 e. The SMILES string of the molecule is CN=C1C=C(OCc2nc(C)c(-c3nnc(Cc4ccc(Cl)c(Oc5cc(Cl)cc(C#N)c5)c4C)o3)s2)C=CC1=NC(C)C. The Kier molecular flexibility index (Phi) is 9.59. The second kappa shape index (κ2) is 13.6. The molecule has 0 fully saturated rings. The van der Waals surface area contributed by atoms with Crippen LogP contribution in [0.3, 0.4) is 0 Å². The average Bonchev–Trinajstić information content (AvgIpc) is 3.61. The van der Waals surface area contributed by atoms with Gasteiger partial charge in [0.25, 0.3) is 5.89 Å². The van der Waals surface area contributed by atoms with E-state index >= 15 is 0 Å². The van der Waals surface area contributed by atoms with E-state index in [1.54, 1.807) is 31.3 Å². The van der Waals surface area contributed by atoms with Crippen molar-refractivity contribution < 1.29 is 13.9 Å². The van der Waals surface area contributed by atoms with Crippen LogP contribution in [-0.4, -0.2) is 39.7 Å². The highest BCUT2D eigenvalue weighted by atomic mass is 35.5. The molecule has 12 heteroatoms. The van der Waals surface area contributed by atoms with E-state index in [0.717, 1.165) is 38.1 Å². The molecule has 2 heterocycles. The standard InChI is InChI=1S/C32H28Cl2N6O3S/c1-17(2)37-26-9-7-23(14-27(26)36-5)41-16-29-38-19(4)31(44-29)32-40-39-28(43-32)12-21-6-8-25(34)30(18(21)3)42-24-11-20(15-35)10-22(33)13-24/h6-11,13-14,17H,12,16H2,1-5H3. The van der Waals surface area contributed by atoms with Crippen LogP contribution in [0.25, 0.3) is 10.8 Å². The Morgan fingerprint density at radius 3 is 2.66 bits per heavy atom. The molecule has 0 saturated carbocycles. The molecule has 0 saturated heterocycles. The number of nitrogens with zero attached hydrogens (tertiary/aromatic N) is 6. The summed E-state index contributed by atoms with van der Waals surface area (Å²) in [5.41, 5.74) is 4.46. The molecule has 0 bridgehead atoms. The maximum absolute atomic E-state index is 9.27. The number of hydrogen-bond donors (Lipinski definition) is 0. The van der Waals surface area contributed by atoms with E-state index in [9.17, 15) is 5.26 Å². The van der Waals surface area contributed by atoms with Crippen LogP contribution in [0.2, 0.25) is 10.0 Å². The lowest BCUT2D eigenvalue weighted by Crippen LogP contribution is -2.16. The van der Waals surface area contributed by atoms with Crippen molar-refractivity contribution >= 4 is 46.0 Å². The molecule has 224 valence electrons. The lowest BCUT2D eigenvalue weighted by molar-refractivity contribution is 0.211. The van der Waals surface area contributed by atoms with Crippen LogP contribution in [0.5, 0.6) is 11.5 Å². The van der Waals surface area contributed by atoms with Crippen molar-refractivity contribution in [3.8, 4) is 28.3 Å². The highest BCUT2D eigenvalue weighted by Gasteiger charge is 2.19. The molecule has 9 nitrogen and oxygen atoms in total. The average molecular weight is 648 g/mol. The molecule has 0 aliphatic heterocycles. The molecule has 1 aliphatic carbocycles. The predicted octanol–water partition coefficient (Wildman–Crippen LogP) is 8.26. The highest BCUT2D eigenvalue weighted by Crippen LogP contribution is 2.37. The minimum Gasteiger partial charge on any atom is -0.486 e. The van der Waals surface area contributed by atoms with Gasteiger partial charge in [0.05, 0.1) is 40.2 Å². The van der Waals surface area contributed by atoms with Gasteiger partial charge in [0.2, 0.25) is 5.89 Å². The highest BCUT2D eigenvalue weighted by molar-refractivity contribution is 7.15. The van der Waals surface area contributed by atoms with Gasteiger partial charge in [0, 0.05) is 24.2 Å². The zero-order chi connectivity index (χ0) is 31.4. The third kappa shape index (κ3) is 7.25. The van der Waals surface area contributed by atoms with Gasteiger partial charge in [-0.05, 0) is 75.2 Å². The Hall–Kier alpha value is -4.30. The third-order valence-electron chi connectivity index (χ3n) is 6.48. The van der Waals surface area contributed by atoms with Crippen molar-refractivity contribution in [1.29, 1.82) is 5.26 Å². The second-order valence-corrected chi connectivity index (χ2v) is 12.1. The third-order valence-corrected chi connectivity index (χ3v) is 8.12. The Labute approximate surface area is 269 Å². The normalized spacial score (nSPS) is 14.8. The number of benzene rings is 2. The topological polar surface area (TPSA) is 119 Å². The lowest BCUT2D eigenvalue weighted by Gasteiger charge is -2.14. The molecule has 44 heavy (non-hydrogen) atoms. The van der Waals surface area contributed by atoms with Crippen molar-refractivity contribution in [3.05, 3.63) is 97.6 Å². The van der Waals surface area contributed by atoms with Crippen LogP contribution < -0.4 is 4.74 Å². The van der Waals surface area contributed by atoms with E-state index in [1.807, 2.05) is 52.0 Å². The van der Waals surface area contributed by atoms with Crippen molar-refractivity contribution in [2.75, 3.05) is 7.05 Å². The van der Waals surface area contributed by atoms with Crippen LogP contribution in [0, 0.1) is 25.2 Å². The van der Waals surface area contributed by atoms with E-state index in [2.05, 4.69) is 31.2 Å². The summed E-state index contributed by atoms with van der Waals surface area (Å²) in [5, 5.41) is 19.4. The molecule has 0 spiro atoms. The summed E-state index contributed by atoms with van der Waals surface area (Å²) >= 11 is 14.1. The van der Waals surface area contributed by atoms with Crippen molar-refractivity contribution in [1.82, 2.24) is 15.2 Å². The first kappa shape index (κ1) is 31.1. The van der Waals surface area contributed by atoms with Crippen molar-refractivity contribution in [2.24, 2.45) is 9.98 Å². The van der Waals surface area contributed by atoms with E-state index in [0.29, 0.717) is 51.1 Å². The van der Waals surface area contributed by atoms with Crippen LogP contribution in [-0.2, 0) is 17.8 Å². The summed E-state index contributed by atoms with van der Waals surface area (Å²) in [4.78, 5) is 14.4. The molecule has 5 rings (SSSR count). The molecule has 0 N–H and O–H groups in total. The van der Waals surface area contributed by atoms with E-state index in [-0.39, 0.29) is 12.6 Å². The largest absolute Gasteiger partial charge is 0.486 e. The van der Waals surface area contributed by atoms with E-state index < -0.39 is 0 Å². The quantitative estimate of drug-likeness (QED) is 0.168. The number of aryl methyl sites for hydroxylation is 1. The number of aliphatic imine (C=N–C) groups is 2. The van der Waals surface area contributed by atoms with Gasteiger partial charge in [-0.2, -0.15) is 5.26 Å². The van der Waals surface area contributed by atoms with Gasteiger partial charge in [-0.25, -0.2) is 4.98 Å². The number of allylic oxidation sites excluding steroid dienone is 3. The van der Waals surface area contributed by atoms with Gasteiger partial charge in [-0.1, -0.05) is 29.3 Å². The minimum absolute atomic E-state index is 0.172. The maximum Gasteiger partial charge on any atom is 0.259 e. The summed E-state index contributed by atoms with van der Waals surface area (Å²) in [6.07, 6.45) is 6.04. The lowest BCUT2D eigenvalue weighted by atomic mass is 10.0. The first-order chi connectivity index (χ1) is 21.1. The van der Waals surface area contributed by atoms with E-state index in [4.69, 9.17) is 37.1 Å². The van der Waals surface area contributed by atoms with Gasteiger partial charge < -0.3 is 13.9 Å². The van der Waals surface area contributed by atoms with Crippen LogP contribution in [0.15, 0.2) is 68.7 Å². The molecule has 2 aromatic heterocycles. The molecule has 0 atom stereocenters. The summed E-state index contributed by atoms with van der Waals surface area (Å²) < 4.78 is 18.1. The zero-order valence-corrected chi connectivity index (χ0v) is 27.0. The summed E-state index contributed by atoms with van der Waals surface area (Å²) in [6.45, 7) is 8.13. The fourth-order valence-electron chi connectivity index (χ4n) is 4.42. The maximum atomic E-state index is 9.27. The number of aromatic nitrogens is 3. The number of thiazole rings is 1. The monoisotopic (exact) mass is 646 g/mol. The number of halogens is 2. The molecule has 1 aliphatic rings. The van der Waals surface area contributed by atoms with Crippen LogP contribution in [0.4, 0.5) is 0 Å². The fourth-order valence-corrected chi connectivity index (χ4v) is 5.78. The first-order valence-electron chi connectivity index (χ1n) is 13.7. The van der Waals surface area contributed by atoms with E-state index in [1.165, 1.54) is 11.3 Å². The Balaban J connectivity index is 1.28. The minimum atomic E-state index is 0.172. The molecule has 2 aromatic carbocycles. The van der Waals surface area contributed by atoms with Crippen molar-refractivity contribution in [3.63, 3.8) is 0 Å². The summed E-state index contributed by atoms with van der Waals surface area (Å²) in [6, 6.07) is 10.7. The first-order valence-corrected chi connectivity index (χ1v) is 15.2. The molecule has 0 amide bonds. The van der Waals surface area contributed by atoms with Gasteiger partial charge >= 0.3 is 0 Å². The molecule has 4 aromatic rings. The number of rotatable bonds is 9. The van der Waals surface area contributed by atoms with Crippen LogP contribution in [0.1, 0.15) is 47.1 Å². The second-order valence-electron chi connectivity index (χ2n) is 10.1. The Morgan fingerprint density at radius 1 is 1.09 bits per heavy atom. The summed E-state index contributed by atoms with van der Waals surface area (Å²) in [5.74, 6) is 2.38. The van der Waals surface area contributed by atoms with Gasteiger partial charge in [-0.15, -0.1) is 21.5 Å². The van der Waals surface area contributed by atoms with Gasteiger partial charge in [0.15, 0.2) is 0 Å². The zero-order valence-electron chi connectivity index (χ0n) is 24.7. The molecular formula is C32H28Cl2N6O3S. The van der Waals surface area contributed by atoms with Gasteiger partial charge in [-0.3, -0.25) is 9.98 Å². The molecular weight excluding hydrogens is 619 g/mol. The Bertz CT molecular complexity index is 1880. The number of nitriles is 1. The fraction of sp³-hybridized carbons (Fsp3) is 0.250. The van der Waals surface area contributed by atoms with Gasteiger partial charge in [0.1, 0.15) is 33.7 Å². The Morgan fingerprint density at radius 2 is 1.91 bits per heavy atom. The number of ether oxygens (including phenoxy) is 2. The van der Waals surface area contributed by atoms with Crippen molar-refractivity contribution in [2.45, 2.75) is 46.8 Å². The molecule has 0 radical (unpaired) electrons.